The number of rotatable bonds is 7. The minimum absolute atomic E-state index is 0.0985. The lowest BCUT2D eigenvalue weighted by atomic mass is 10.1. The smallest absolute Gasteiger partial charge is 0.166 e. The maximum Gasteiger partial charge on any atom is 0.166 e. The van der Waals surface area contributed by atoms with Crippen LogP contribution in [0.3, 0.4) is 0 Å². The van der Waals surface area contributed by atoms with Crippen LogP contribution < -0.4 is 10.7 Å². The van der Waals surface area contributed by atoms with Gasteiger partial charge in [-0.1, -0.05) is 17.8 Å². The number of hydrogen-bond acceptors (Lipinski definition) is 5. The lowest BCUT2D eigenvalue weighted by Gasteiger charge is -2.08. The summed E-state index contributed by atoms with van der Waals surface area (Å²) >= 11 is 1.63. The second-order valence-corrected chi connectivity index (χ2v) is 6.12. The average molecular weight is 321 g/mol. The molecule has 0 amide bonds. The second kappa shape index (κ2) is 8.31. The van der Waals surface area contributed by atoms with Crippen LogP contribution in [0.25, 0.3) is 12.2 Å². The summed E-state index contributed by atoms with van der Waals surface area (Å²) in [7, 11) is 3.42. The van der Waals surface area contributed by atoms with Gasteiger partial charge in [-0.15, -0.1) is 0 Å². The van der Waals surface area contributed by atoms with Gasteiger partial charge in [0.1, 0.15) is 0 Å². The van der Waals surface area contributed by atoms with E-state index >= 15 is 0 Å². The molecule has 1 N–H and O–H groups in total. The van der Waals surface area contributed by atoms with E-state index in [1.807, 2.05) is 26.3 Å². The summed E-state index contributed by atoms with van der Waals surface area (Å²) in [4.78, 5) is 12.2. The molecule has 0 radical (unpaired) electrons. The largest absolute Gasteiger partial charge is 0.377 e. The standard InChI is InChI=1S/C16H23N3O2S/c1-11(12(2)20-3)10-17-7-8-22-16-18-14-6-5-13(21-4)9-15(14)19-16/h6-7,9-10,12-13H,5,8H2,1-4H3,(H,18,19)/b11-10-,17-7?/t12-,13?/m0/s1. The van der Waals surface area contributed by atoms with Gasteiger partial charge in [0, 0.05) is 32.4 Å². The van der Waals surface area contributed by atoms with Gasteiger partial charge in [-0.3, -0.25) is 4.99 Å². The number of aliphatic imine (C=N–C) groups is 1. The number of aromatic amines is 1. The van der Waals surface area contributed by atoms with Crippen LogP contribution in [0.5, 0.6) is 0 Å². The van der Waals surface area contributed by atoms with E-state index in [1.54, 1.807) is 26.0 Å². The first-order valence-electron chi connectivity index (χ1n) is 7.28. The first kappa shape index (κ1) is 17.0. The van der Waals surface area contributed by atoms with E-state index in [0.29, 0.717) is 0 Å². The number of thioether (sulfide) groups is 1. The molecule has 5 nitrogen and oxygen atoms in total. The zero-order valence-corrected chi connectivity index (χ0v) is 14.3. The molecule has 6 heteroatoms. The Morgan fingerprint density at radius 1 is 1.59 bits per heavy atom. The molecule has 1 heterocycles. The molecule has 0 aromatic carbocycles. The Balaban J connectivity index is 1.90. The third-order valence-electron chi connectivity index (χ3n) is 3.61. The van der Waals surface area contributed by atoms with Gasteiger partial charge in [-0.25, -0.2) is 4.98 Å². The van der Waals surface area contributed by atoms with E-state index in [4.69, 9.17) is 9.47 Å². The van der Waals surface area contributed by atoms with Crippen molar-refractivity contribution in [2.24, 2.45) is 4.99 Å². The Morgan fingerprint density at radius 2 is 2.41 bits per heavy atom. The molecule has 1 aliphatic carbocycles. The summed E-state index contributed by atoms with van der Waals surface area (Å²) in [5.41, 5.74) is 1.10. The van der Waals surface area contributed by atoms with Crippen molar-refractivity contribution in [3.63, 3.8) is 0 Å². The fourth-order valence-electron chi connectivity index (χ4n) is 1.99. The molecule has 1 unspecified atom stereocenters. The molecule has 0 spiro atoms. The summed E-state index contributed by atoms with van der Waals surface area (Å²) in [6.45, 7) is 4.01. The number of methoxy groups -OCH3 is 2. The molecule has 0 saturated heterocycles. The van der Waals surface area contributed by atoms with Gasteiger partial charge in [0.25, 0.3) is 0 Å². The zero-order valence-electron chi connectivity index (χ0n) is 13.5. The number of imidazole rings is 1. The Kier molecular flexibility index (Phi) is 6.42. The molecule has 1 aromatic rings. The predicted octanol–water partition coefficient (Wildman–Crippen LogP) is 1.49. The van der Waals surface area contributed by atoms with Gasteiger partial charge in [0.2, 0.25) is 0 Å². The van der Waals surface area contributed by atoms with Crippen molar-refractivity contribution in [1.82, 2.24) is 9.97 Å². The molecule has 2 atom stereocenters. The topological polar surface area (TPSA) is 59.5 Å². The highest BCUT2D eigenvalue weighted by atomic mass is 32.2. The highest BCUT2D eigenvalue weighted by Crippen LogP contribution is 2.09. The third-order valence-corrected chi connectivity index (χ3v) is 4.39. The highest BCUT2D eigenvalue weighted by Gasteiger charge is 2.08. The first-order chi connectivity index (χ1) is 10.6. The summed E-state index contributed by atoms with van der Waals surface area (Å²) in [6, 6.07) is 0. The number of ether oxygens (including phenoxy) is 2. The molecule has 1 aromatic heterocycles. The number of nitrogens with zero attached hydrogens (tertiary/aromatic N) is 2. The van der Waals surface area contributed by atoms with Crippen LogP contribution in [-0.4, -0.2) is 48.4 Å². The van der Waals surface area contributed by atoms with E-state index in [9.17, 15) is 0 Å². The van der Waals surface area contributed by atoms with Crippen LogP contribution in [-0.2, 0) is 9.47 Å². The quantitative estimate of drug-likeness (QED) is 0.611. The van der Waals surface area contributed by atoms with Gasteiger partial charge >= 0.3 is 0 Å². The molecule has 0 aliphatic heterocycles. The van der Waals surface area contributed by atoms with Crippen LogP contribution in [0.2, 0.25) is 0 Å². The highest BCUT2D eigenvalue weighted by molar-refractivity contribution is 7.99. The van der Waals surface area contributed by atoms with E-state index in [1.165, 1.54) is 0 Å². The van der Waals surface area contributed by atoms with Crippen molar-refractivity contribution in [3.05, 3.63) is 22.5 Å². The lowest BCUT2D eigenvalue weighted by molar-refractivity contribution is 0.147. The lowest BCUT2D eigenvalue weighted by Crippen LogP contribution is -2.31. The van der Waals surface area contributed by atoms with Gasteiger partial charge in [-0.2, -0.15) is 0 Å². The van der Waals surface area contributed by atoms with Crippen LogP contribution in [0.15, 0.2) is 21.9 Å². The van der Waals surface area contributed by atoms with Crippen molar-refractivity contribution in [1.29, 1.82) is 0 Å². The Labute approximate surface area is 135 Å². The normalized spacial score (nSPS) is 19.6. The number of fused-ring (bicyclic) bond motifs is 1. The molecule has 1 aliphatic rings. The minimum atomic E-state index is 0.0985. The summed E-state index contributed by atoms with van der Waals surface area (Å²) in [5.74, 6) is 0.769. The van der Waals surface area contributed by atoms with Crippen LogP contribution in [0.1, 0.15) is 20.3 Å². The van der Waals surface area contributed by atoms with E-state index in [-0.39, 0.29) is 12.2 Å². The Bertz CT molecular complexity index is 663. The van der Waals surface area contributed by atoms with Crippen molar-refractivity contribution in [3.8, 4) is 0 Å². The predicted molar refractivity (Wildman–Crippen MR) is 91.6 cm³/mol. The maximum absolute atomic E-state index is 5.34. The first-order valence-corrected chi connectivity index (χ1v) is 8.27. The SMILES string of the molecule is COC1C=c2[nH]c(SCC=N/C=C(/C)[C@H](C)OC)nc2=CC1. The number of H-pyrrole nitrogens is 1. The molecule has 2 rings (SSSR count). The molecule has 22 heavy (non-hydrogen) atoms. The Morgan fingerprint density at radius 3 is 3.14 bits per heavy atom. The van der Waals surface area contributed by atoms with Gasteiger partial charge < -0.3 is 14.5 Å². The zero-order chi connectivity index (χ0) is 15.9. The Hall–Kier alpha value is -1.37. The molecular weight excluding hydrogens is 298 g/mol. The van der Waals surface area contributed by atoms with Gasteiger partial charge in [0.05, 0.1) is 22.9 Å². The van der Waals surface area contributed by atoms with Crippen LogP contribution in [0, 0.1) is 0 Å². The van der Waals surface area contributed by atoms with E-state index in [2.05, 4.69) is 27.1 Å². The minimum Gasteiger partial charge on any atom is -0.377 e. The summed E-state index contributed by atoms with van der Waals surface area (Å²) in [6.07, 6.45) is 9.02. The molecule has 0 saturated carbocycles. The number of nitrogens with one attached hydrogen (secondary N) is 1. The number of hydrogen-bond donors (Lipinski definition) is 1. The number of aromatic nitrogens is 2. The van der Waals surface area contributed by atoms with Gasteiger partial charge in [-0.05, 0) is 31.9 Å². The van der Waals surface area contributed by atoms with Crippen molar-refractivity contribution in [2.45, 2.75) is 37.6 Å². The maximum atomic E-state index is 5.34. The van der Waals surface area contributed by atoms with Crippen molar-refractivity contribution >= 4 is 30.1 Å². The van der Waals surface area contributed by atoms with Crippen molar-refractivity contribution < 1.29 is 9.47 Å². The van der Waals surface area contributed by atoms with E-state index in [0.717, 1.165) is 33.6 Å². The average Bonchev–Trinajstić information content (AvgIpc) is 2.95. The van der Waals surface area contributed by atoms with Gasteiger partial charge in [0.15, 0.2) is 5.16 Å². The monoisotopic (exact) mass is 321 g/mol. The van der Waals surface area contributed by atoms with E-state index < -0.39 is 0 Å². The molecule has 0 bridgehead atoms. The molecule has 120 valence electrons. The molecular formula is C16H23N3O2S. The fraction of sp³-hybridized carbons (Fsp3) is 0.500. The molecule has 0 fully saturated rings. The van der Waals surface area contributed by atoms with Crippen molar-refractivity contribution in [2.75, 3.05) is 20.0 Å². The third kappa shape index (κ3) is 4.56. The second-order valence-electron chi connectivity index (χ2n) is 5.12. The summed E-state index contributed by atoms with van der Waals surface area (Å²) in [5, 5.41) is 2.96. The van der Waals surface area contributed by atoms with Crippen LogP contribution >= 0.6 is 11.8 Å². The fourth-order valence-corrected chi connectivity index (χ4v) is 2.66. The summed E-state index contributed by atoms with van der Waals surface area (Å²) < 4.78 is 10.6. The van der Waals surface area contributed by atoms with Crippen LogP contribution in [0.4, 0.5) is 0 Å².